The molecule has 0 aliphatic rings. The number of aliphatic imine (C=N–C) groups is 1. The lowest BCUT2D eigenvalue weighted by molar-refractivity contribution is 0.382. The third-order valence-corrected chi connectivity index (χ3v) is 4.28. The molecular formula is C21H30IN3O4. The van der Waals surface area contributed by atoms with Gasteiger partial charge in [0.25, 0.3) is 0 Å². The van der Waals surface area contributed by atoms with Crippen LogP contribution in [0.1, 0.15) is 18.1 Å². The van der Waals surface area contributed by atoms with Gasteiger partial charge in [-0.3, -0.25) is 0 Å². The molecule has 0 fully saturated rings. The van der Waals surface area contributed by atoms with Crippen LogP contribution in [0.15, 0.2) is 41.4 Å². The van der Waals surface area contributed by atoms with Gasteiger partial charge in [0.2, 0.25) is 0 Å². The molecule has 0 aliphatic carbocycles. The highest BCUT2D eigenvalue weighted by Gasteiger charge is 2.12. The van der Waals surface area contributed by atoms with E-state index < -0.39 is 0 Å². The Morgan fingerprint density at radius 2 is 1.66 bits per heavy atom. The normalized spacial score (nSPS) is 10.7. The van der Waals surface area contributed by atoms with E-state index in [1.54, 1.807) is 39.5 Å². The number of rotatable bonds is 8. The lowest BCUT2D eigenvalue weighted by Gasteiger charge is -2.23. The predicted octanol–water partition coefficient (Wildman–Crippen LogP) is 3.63. The van der Waals surface area contributed by atoms with Gasteiger partial charge in [0.1, 0.15) is 23.0 Å². The number of phenols is 1. The first-order valence-electron chi connectivity index (χ1n) is 9.08. The molecular weight excluding hydrogens is 485 g/mol. The first kappa shape index (κ1) is 24.7. The molecule has 29 heavy (non-hydrogen) atoms. The molecule has 2 rings (SSSR count). The van der Waals surface area contributed by atoms with E-state index in [2.05, 4.69) is 10.3 Å². The van der Waals surface area contributed by atoms with Crippen LogP contribution in [0, 0.1) is 0 Å². The monoisotopic (exact) mass is 515 g/mol. The summed E-state index contributed by atoms with van der Waals surface area (Å²) in [5.74, 6) is 3.11. The molecule has 0 aromatic heterocycles. The number of ether oxygens (including phenoxy) is 3. The average Bonchev–Trinajstić information content (AvgIpc) is 2.72. The molecule has 0 radical (unpaired) electrons. The standard InChI is InChI=1S/C21H29N3O4.HI/c1-6-22-21(23-13-16-11-17(26-3)9-10-19(16)25)24(2)14-15-7-8-18(27-4)12-20(15)28-5;/h7-12,25H,6,13-14H2,1-5H3,(H,22,23);1H. The van der Waals surface area contributed by atoms with Crippen molar-refractivity contribution in [3.63, 3.8) is 0 Å². The Morgan fingerprint density at radius 1 is 1.00 bits per heavy atom. The molecule has 0 aliphatic heterocycles. The molecule has 0 bridgehead atoms. The summed E-state index contributed by atoms with van der Waals surface area (Å²) in [5, 5.41) is 13.4. The van der Waals surface area contributed by atoms with E-state index in [1.165, 1.54) is 0 Å². The molecule has 2 N–H and O–H groups in total. The van der Waals surface area contributed by atoms with Crippen LogP contribution in [0.4, 0.5) is 0 Å². The largest absolute Gasteiger partial charge is 0.508 e. The Bertz CT molecular complexity index is 815. The maximum atomic E-state index is 10.1. The van der Waals surface area contributed by atoms with E-state index in [0.29, 0.717) is 24.4 Å². The summed E-state index contributed by atoms with van der Waals surface area (Å²) in [7, 11) is 6.82. The zero-order valence-corrected chi connectivity index (χ0v) is 19.9. The van der Waals surface area contributed by atoms with Gasteiger partial charge >= 0.3 is 0 Å². The molecule has 2 aromatic carbocycles. The van der Waals surface area contributed by atoms with Gasteiger partial charge in [-0.05, 0) is 37.3 Å². The zero-order chi connectivity index (χ0) is 20.5. The molecule has 160 valence electrons. The highest BCUT2D eigenvalue weighted by atomic mass is 127. The lowest BCUT2D eigenvalue weighted by Crippen LogP contribution is -2.38. The number of phenolic OH excluding ortho intramolecular Hbond substituents is 1. The van der Waals surface area contributed by atoms with E-state index in [-0.39, 0.29) is 29.7 Å². The van der Waals surface area contributed by atoms with Crippen LogP contribution < -0.4 is 19.5 Å². The second-order valence-corrected chi connectivity index (χ2v) is 6.20. The fraction of sp³-hybridized carbons (Fsp3) is 0.381. The summed E-state index contributed by atoms with van der Waals surface area (Å²) in [6, 6.07) is 10.9. The first-order valence-corrected chi connectivity index (χ1v) is 9.08. The van der Waals surface area contributed by atoms with Gasteiger partial charge in [0, 0.05) is 37.3 Å². The highest BCUT2D eigenvalue weighted by Crippen LogP contribution is 2.26. The fourth-order valence-corrected chi connectivity index (χ4v) is 2.76. The maximum absolute atomic E-state index is 10.1. The SMILES string of the molecule is CCNC(=NCc1cc(OC)ccc1O)N(C)Cc1ccc(OC)cc1OC.I. The van der Waals surface area contributed by atoms with Crippen LogP contribution in [-0.4, -0.2) is 50.9 Å². The number of hydrogen-bond donors (Lipinski definition) is 2. The number of guanidine groups is 1. The Kier molecular flexibility index (Phi) is 10.4. The van der Waals surface area contributed by atoms with Crippen molar-refractivity contribution < 1.29 is 19.3 Å². The Hall–Kier alpha value is -2.36. The lowest BCUT2D eigenvalue weighted by atomic mass is 10.2. The second-order valence-electron chi connectivity index (χ2n) is 6.20. The van der Waals surface area contributed by atoms with Crippen molar-refractivity contribution in [2.24, 2.45) is 4.99 Å². The molecule has 0 atom stereocenters. The highest BCUT2D eigenvalue weighted by molar-refractivity contribution is 14.0. The molecule has 0 heterocycles. The minimum Gasteiger partial charge on any atom is -0.508 e. The quantitative estimate of drug-likeness (QED) is 0.318. The first-order chi connectivity index (χ1) is 13.5. The van der Waals surface area contributed by atoms with E-state index in [4.69, 9.17) is 14.2 Å². The van der Waals surface area contributed by atoms with Crippen molar-refractivity contribution in [1.82, 2.24) is 10.2 Å². The van der Waals surface area contributed by atoms with Gasteiger partial charge < -0.3 is 29.5 Å². The average molecular weight is 515 g/mol. The van der Waals surface area contributed by atoms with Crippen LogP contribution in [0.2, 0.25) is 0 Å². The van der Waals surface area contributed by atoms with Crippen LogP contribution in [0.5, 0.6) is 23.0 Å². The number of nitrogens with zero attached hydrogens (tertiary/aromatic N) is 2. The van der Waals surface area contributed by atoms with Gasteiger partial charge in [-0.15, -0.1) is 24.0 Å². The Balaban J connectivity index is 0.00000420. The second kappa shape index (κ2) is 12.3. The van der Waals surface area contributed by atoms with E-state index in [1.807, 2.05) is 37.1 Å². The Morgan fingerprint density at radius 3 is 2.28 bits per heavy atom. The summed E-state index contributed by atoms with van der Waals surface area (Å²) in [4.78, 5) is 6.66. The van der Waals surface area contributed by atoms with Gasteiger partial charge in [-0.25, -0.2) is 4.99 Å². The molecule has 0 amide bonds. The van der Waals surface area contributed by atoms with Crippen LogP contribution >= 0.6 is 24.0 Å². The predicted molar refractivity (Wildman–Crippen MR) is 126 cm³/mol. The zero-order valence-electron chi connectivity index (χ0n) is 17.6. The summed E-state index contributed by atoms with van der Waals surface area (Å²) in [6.45, 7) is 3.67. The topological polar surface area (TPSA) is 75.6 Å². The number of benzene rings is 2. The van der Waals surface area contributed by atoms with Gasteiger partial charge in [0.05, 0.1) is 27.9 Å². The Labute approximate surface area is 189 Å². The van der Waals surface area contributed by atoms with Crippen LogP contribution in [0.3, 0.4) is 0 Å². The van der Waals surface area contributed by atoms with Crippen LogP contribution in [0.25, 0.3) is 0 Å². The molecule has 0 saturated heterocycles. The third kappa shape index (κ3) is 6.88. The van der Waals surface area contributed by atoms with Crippen molar-refractivity contribution in [1.29, 1.82) is 0 Å². The number of halogens is 1. The number of nitrogens with one attached hydrogen (secondary N) is 1. The van der Waals surface area contributed by atoms with E-state index >= 15 is 0 Å². The molecule has 0 unspecified atom stereocenters. The molecule has 8 heteroatoms. The maximum Gasteiger partial charge on any atom is 0.194 e. The number of aromatic hydroxyl groups is 1. The minimum atomic E-state index is 0. The van der Waals surface area contributed by atoms with Gasteiger partial charge in [-0.2, -0.15) is 0 Å². The molecule has 0 saturated carbocycles. The molecule has 0 spiro atoms. The van der Waals surface area contributed by atoms with E-state index in [9.17, 15) is 5.11 Å². The van der Waals surface area contributed by atoms with Crippen molar-refractivity contribution >= 4 is 29.9 Å². The third-order valence-electron chi connectivity index (χ3n) is 4.28. The summed E-state index contributed by atoms with van der Waals surface area (Å²) >= 11 is 0. The molecule has 2 aromatic rings. The summed E-state index contributed by atoms with van der Waals surface area (Å²) in [6.07, 6.45) is 0. The van der Waals surface area contributed by atoms with Gasteiger partial charge in [0.15, 0.2) is 5.96 Å². The van der Waals surface area contributed by atoms with E-state index in [0.717, 1.165) is 29.6 Å². The summed E-state index contributed by atoms with van der Waals surface area (Å²) < 4.78 is 16.0. The fourth-order valence-electron chi connectivity index (χ4n) is 2.76. The van der Waals surface area contributed by atoms with Crippen molar-refractivity contribution in [3.8, 4) is 23.0 Å². The number of methoxy groups -OCH3 is 3. The van der Waals surface area contributed by atoms with Crippen LogP contribution in [-0.2, 0) is 13.1 Å². The van der Waals surface area contributed by atoms with Crippen molar-refractivity contribution in [3.05, 3.63) is 47.5 Å². The van der Waals surface area contributed by atoms with Crippen molar-refractivity contribution in [2.75, 3.05) is 34.9 Å². The van der Waals surface area contributed by atoms with Crippen molar-refractivity contribution in [2.45, 2.75) is 20.0 Å². The van der Waals surface area contributed by atoms with Gasteiger partial charge in [-0.1, -0.05) is 0 Å². The molecule has 7 nitrogen and oxygen atoms in total. The minimum absolute atomic E-state index is 0. The number of hydrogen-bond acceptors (Lipinski definition) is 5. The smallest absolute Gasteiger partial charge is 0.194 e. The summed E-state index contributed by atoms with van der Waals surface area (Å²) in [5.41, 5.74) is 1.71.